The maximum atomic E-state index is 2.47. The summed E-state index contributed by atoms with van der Waals surface area (Å²) in [5, 5.41) is 2.67. The van der Waals surface area contributed by atoms with E-state index in [9.17, 15) is 0 Å². The monoisotopic (exact) mass is 730 g/mol. The van der Waals surface area contributed by atoms with Crippen molar-refractivity contribution in [3.63, 3.8) is 0 Å². The number of nitrogens with zero attached hydrogens (tertiary/aromatic N) is 4. The van der Waals surface area contributed by atoms with Gasteiger partial charge in [-0.3, -0.25) is 9.80 Å². The predicted octanol–water partition coefficient (Wildman–Crippen LogP) is 12.4. The number of aryl methyl sites for hydroxylation is 2. The predicted molar refractivity (Wildman–Crippen MR) is 237 cm³/mol. The van der Waals surface area contributed by atoms with Crippen molar-refractivity contribution in [2.45, 2.75) is 77.9 Å². The van der Waals surface area contributed by atoms with E-state index in [-0.39, 0.29) is 22.9 Å². The number of fused-ring (bicyclic) bond motifs is 2. The molecule has 0 N–H and O–H groups in total. The van der Waals surface area contributed by atoms with Crippen LogP contribution in [0, 0.1) is 0 Å². The summed E-state index contributed by atoms with van der Waals surface area (Å²) in [6.45, 7) is 16.8. The fourth-order valence-electron chi connectivity index (χ4n) is 8.24. The normalized spacial score (nSPS) is 13.3. The van der Waals surface area contributed by atoms with Gasteiger partial charge in [0.1, 0.15) is 0 Å². The van der Waals surface area contributed by atoms with Crippen LogP contribution in [0.2, 0.25) is 0 Å². The first-order valence-electron chi connectivity index (χ1n) is 19.9. The van der Waals surface area contributed by atoms with E-state index in [0.717, 1.165) is 6.54 Å². The standard InChI is InChI=1S/C29H34N2.C22H28N2/c1-7-31-25-16-12-11-15-24(25)26(28(31)21-13-9-8-10-14-21)27(30(5)6)22-17-19-23(20-18-22)29(2,3)4;1-22(2,3)17-13-11-16(12-14-17)21(23(4)5)19-15-24(6)20-10-8-7-9-18(19)20/h8-20,27H,7H2,1-6H3;7-15,21H,1-6H3. The SMILES string of the molecule is CCn1c(-c2ccccc2)c(C(c2ccc(C(C)(C)C)cc2)N(C)C)c2ccccc21.CN(C)C(c1ccc(C(C)(C)C)cc1)c1cn(C)c2ccccc12. The number of hydrogen-bond acceptors (Lipinski definition) is 2. The molecule has 5 aromatic carbocycles. The van der Waals surface area contributed by atoms with Crippen LogP contribution < -0.4 is 0 Å². The molecular formula is C51H62N4. The first-order valence-corrected chi connectivity index (χ1v) is 19.9. The Morgan fingerprint density at radius 2 is 0.982 bits per heavy atom. The van der Waals surface area contributed by atoms with Gasteiger partial charge in [0, 0.05) is 47.2 Å². The van der Waals surface area contributed by atoms with Crippen molar-refractivity contribution in [3.05, 3.63) is 167 Å². The van der Waals surface area contributed by atoms with Crippen molar-refractivity contribution in [1.82, 2.24) is 18.9 Å². The molecule has 286 valence electrons. The smallest absolute Gasteiger partial charge is 0.0624 e. The Labute approximate surface area is 331 Å². The van der Waals surface area contributed by atoms with Crippen LogP contribution in [0.1, 0.15) is 93.9 Å². The van der Waals surface area contributed by atoms with Gasteiger partial charge < -0.3 is 9.13 Å². The Bertz CT molecular complexity index is 2320. The zero-order chi connectivity index (χ0) is 39.7. The average molecular weight is 731 g/mol. The second kappa shape index (κ2) is 16.1. The topological polar surface area (TPSA) is 16.3 Å². The molecule has 0 aliphatic carbocycles. The molecule has 4 nitrogen and oxygen atoms in total. The molecule has 7 rings (SSSR count). The van der Waals surface area contributed by atoms with Gasteiger partial charge in [0.25, 0.3) is 0 Å². The van der Waals surface area contributed by atoms with Crippen molar-refractivity contribution in [2.75, 3.05) is 28.2 Å². The molecule has 0 saturated heterocycles. The average Bonchev–Trinajstić information content (AvgIpc) is 3.66. The van der Waals surface area contributed by atoms with E-state index in [1.165, 1.54) is 66.4 Å². The third kappa shape index (κ3) is 8.22. The van der Waals surface area contributed by atoms with E-state index in [1.807, 2.05) is 0 Å². The van der Waals surface area contributed by atoms with Crippen molar-refractivity contribution in [1.29, 1.82) is 0 Å². The molecule has 0 bridgehead atoms. The minimum Gasteiger partial charge on any atom is -0.350 e. The highest BCUT2D eigenvalue weighted by Crippen LogP contribution is 2.42. The zero-order valence-corrected chi connectivity index (χ0v) is 35.4. The minimum atomic E-state index is 0.152. The van der Waals surface area contributed by atoms with Gasteiger partial charge in [-0.25, -0.2) is 0 Å². The molecule has 0 aliphatic heterocycles. The molecule has 2 unspecified atom stereocenters. The Balaban J connectivity index is 0.000000193. The summed E-state index contributed by atoms with van der Waals surface area (Å²) >= 11 is 0. The molecule has 4 heteroatoms. The second-order valence-corrected chi connectivity index (χ2v) is 17.6. The highest BCUT2D eigenvalue weighted by atomic mass is 15.1. The molecule has 0 aliphatic rings. The quantitative estimate of drug-likeness (QED) is 0.155. The molecule has 0 spiro atoms. The van der Waals surface area contributed by atoms with Crippen LogP contribution in [0.15, 0.2) is 134 Å². The van der Waals surface area contributed by atoms with Crippen molar-refractivity contribution in [2.24, 2.45) is 7.05 Å². The van der Waals surface area contributed by atoms with Gasteiger partial charge >= 0.3 is 0 Å². The molecular weight excluding hydrogens is 669 g/mol. The number of aromatic nitrogens is 2. The highest BCUT2D eigenvalue weighted by Gasteiger charge is 2.28. The van der Waals surface area contributed by atoms with Crippen LogP contribution in [0.4, 0.5) is 0 Å². The molecule has 2 atom stereocenters. The van der Waals surface area contributed by atoms with E-state index in [1.54, 1.807) is 0 Å². The van der Waals surface area contributed by atoms with Gasteiger partial charge in [-0.1, -0.05) is 157 Å². The first kappa shape index (κ1) is 39.8. The van der Waals surface area contributed by atoms with E-state index < -0.39 is 0 Å². The maximum absolute atomic E-state index is 2.47. The summed E-state index contributed by atoms with van der Waals surface area (Å²) in [5.41, 5.74) is 13.7. The molecule has 0 radical (unpaired) electrons. The van der Waals surface area contributed by atoms with Gasteiger partial charge in [-0.2, -0.15) is 0 Å². The lowest BCUT2D eigenvalue weighted by Crippen LogP contribution is -2.22. The minimum absolute atomic E-state index is 0.152. The number of benzene rings is 5. The Morgan fingerprint density at radius 1 is 0.527 bits per heavy atom. The Morgan fingerprint density at radius 3 is 1.47 bits per heavy atom. The number of rotatable bonds is 8. The van der Waals surface area contributed by atoms with Crippen LogP contribution in [0.5, 0.6) is 0 Å². The molecule has 0 amide bonds. The van der Waals surface area contributed by atoms with Gasteiger partial charge in [-0.05, 0) is 91.5 Å². The van der Waals surface area contributed by atoms with Gasteiger partial charge in [-0.15, -0.1) is 0 Å². The molecule has 0 saturated carbocycles. The van der Waals surface area contributed by atoms with Crippen molar-refractivity contribution < 1.29 is 0 Å². The van der Waals surface area contributed by atoms with E-state index in [4.69, 9.17) is 0 Å². The summed E-state index contributed by atoms with van der Waals surface area (Å²) in [6, 6.07) is 47.1. The van der Waals surface area contributed by atoms with Crippen LogP contribution in [0.25, 0.3) is 33.1 Å². The Kier molecular flexibility index (Phi) is 11.6. The van der Waals surface area contributed by atoms with Crippen molar-refractivity contribution >= 4 is 21.8 Å². The number of para-hydroxylation sites is 2. The zero-order valence-electron chi connectivity index (χ0n) is 35.4. The van der Waals surface area contributed by atoms with Crippen LogP contribution in [0.3, 0.4) is 0 Å². The Hall–Kier alpha value is -4.90. The van der Waals surface area contributed by atoms with E-state index >= 15 is 0 Å². The van der Waals surface area contributed by atoms with Gasteiger partial charge in [0.15, 0.2) is 0 Å². The van der Waals surface area contributed by atoms with Gasteiger partial charge in [0.05, 0.1) is 17.8 Å². The summed E-state index contributed by atoms with van der Waals surface area (Å²) in [5.74, 6) is 0. The van der Waals surface area contributed by atoms with Crippen LogP contribution in [-0.2, 0) is 24.4 Å². The lowest BCUT2D eigenvalue weighted by Gasteiger charge is -2.28. The summed E-state index contributed by atoms with van der Waals surface area (Å²) < 4.78 is 4.70. The van der Waals surface area contributed by atoms with Gasteiger partial charge in [0.2, 0.25) is 0 Å². The molecule has 7 aromatic rings. The van der Waals surface area contributed by atoms with E-state index in [2.05, 4.69) is 236 Å². The maximum Gasteiger partial charge on any atom is 0.0624 e. The molecule has 55 heavy (non-hydrogen) atoms. The number of hydrogen-bond donors (Lipinski definition) is 0. The van der Waals surface area contributed by atoms with Crippen LogP contribution in [-0.4, -0.2) is 47.1 Å². The molecule has 2 aromatic heterocycles. The lowest BCUT2D eigenvalue weighted by atomic mass is 9.85. The fourth-order valence-corrected chi connectivity index (χ4v) is 8.24. The summed E-state index contributed by atoms with van der Waals surface area (Å²) in [7, 11) is 10.8. The highest BCUT2D eigenvalue weighted by molar-refractivity contribution is 5.93. The fraction of sp³-hybridized carbons (Fsp3) is 0.333. The van der Waals surface area contributed by atoms with Crippen molar-refractivity contribution in [3.8, 4) is 11.3 Å². The van der Waals surface area contributed by atoms with Crippen LogP contribution >= 0.6 is 0 Å². The third-order valence-electron chi connectivity index (χ3n) is 11.1. The molecule has 0 fully saturated rings. The second-order valence-electron chi connectivity index (χ2n) is 17.6. The van der Waals surface area contributed by atoms with E-state index in [0.29, 0.717) is 0 Å². The summed E-state index contributed by atoms with van der Waals surface area (Å²) in [4.78, 5) is 4.65. The largest absolute Gasteiger partial charge is 0.350 e. The lowest BCUT2D eigenvalue weighted by molar-refractivity contribution is 0.343. The third-order valence-corrected chi connectivity index (χ3v) is 11.1. The first-order chi connectivity index (χ1) is 26.1. The molecule has 2 heterocycles. The summed E-state index contributed by atoms with van der Waals surface area (Å²) in [6.07, 6.45) is 2.27.